The number of aromatic nitrogens is 1. The number of methoxy groups -OCH3 is 2. The Kier molecular flexibility index (Phi) is 5.56. The Morgan fingerprint density at radius 1 is 1.19 bits per heavy atom. The number of rotatable bonds is 7. The highest BCUT2D eigenvalue weighted by Crippen LogP contribution is 2.59. The third-order valence-electron chi connectivity index (χ3n) is 6.65. The van der Waals surface area contributed by atoms with Gasteiger partial charge in [0.15, 0.2) is 16.9 Å². The van der Waals surface area contributed by atoms with Gasteiger partial charge in [0.25, 0.3) is 0 Å². The molecular formula is C24H29NO6. The summed E-state index contributed by atoms with van der Waals surface area (Å²) in [6.07, 6.45) is 4.28. The maximum absolute atomic E-state index is 12.6. The van der Waals surface area contributed by atoms with Crippen molar-refractivity contribution in [1.29, 1.82) is 0 Å². The van der Waals surface area contributed by atoms with E-state index in [-0.39, 0.29) is 22.9 Å². The van der Waals surface area contributed by atoms with Gasteiger partial charge in [-0.05, 0) is 36.0 Å². The lowest BCUT2D eigenvalue weighted by atomic mass is 9.77. The van der Waals surface area contributed by atoms with Crippen molar-refractivity contribution >= 4 is 5.97 Å². The Balaban J connectivity index is 1.88. The van der Waals surface area contributed by atoms with Crippen molar-refractivity contribution in [2.24, 2.45) is 5.41 Å². The van der Waals surface area contributed by atoms with Gasteiger partial charge in [-0.2, -0.15) is 0 Å². The SMILES string of the molecule is COCCCOc1cc2c(cc1OC)-c1cc(=O)c(C(=O)O)cn1C1[C@H]2CCC1(C)C. The molecule has 1 saturated carbocycles. The first-order valence-electron chi connectivity index (χ1n) is 10.6. The first-order valence-corrected chi connectivity index (χ1v) is 10.6. The Morgan fingerprint density at radius 3 is 2.65 bits per heavy atom. The van der Waals surface area contributed by atoms with Crippen molar-refractivity contribution < 1.29 is 24.1 Å². The maximum Gasteiger partial charge on any atom is 0.341 e. The number of benzene rings is 1. The third kappa shape index (κ3) is 3.61. The van der Waals surface area contributed by atoms with E-state index in [2.05, 4.69) is 13.8 Å². The fourth-order valence-electron chi connectivity index (χ4n) is 5.19. The molecule has 7 nitrogen and oxygen atoms in total. The second-order valence-electron chi connectivity index (χ2n) is 9.01. The predicted molar refractivity (Wildman–Crippen MR) is 116 cm³/mol. The summed E-state index contributed by atoms with van der Waals surface area (Å²) in [6.45, 7) is 5.54. The monoisotopic (exact) mass is 427 g/mol. The molecule has 0 amide bonds. The first-order chi connectivity index (χ1) is 14.8. The van der Waals surface area contributed by atoms with Crippen molar-refractivity contribution in [3.8, 4) is 22.8 Å². The highest BCUT2D eigenvalue weighted by Gasteiger charge is 2.47. The van der Waals surface area contributed by atoms with Crippen LogP contribution in [0.1, 0.15) is 61.0 Å². The van der Waals surface area contributed by atoms with Gasteiger partial charge in [-0.1, -0.05) is 13.8 Å². The van der Waals surface area contributed by atoms with Gasteiger partial charge in [0.05, 0.1) is 19.4 Å². The summed E-state index contributed by atoms with van der Waals surface area (Å²) in [5, 5.41) is 9.51. The summed E-state index contributed by atoms with van der Waals surface area (Å²) < 4.78 is 18.7. The minimum atomic E-state index is -1.20. The Morgan fingerprint density at radius 2 is 1.97 bits per heavy atom. The zero-order valence-electron chi connectivity index (χ0n) is 18.4. The second kappa shape index (κ2) is 8.04. The quantitative estimate of drug-likeness (QED) is 0.670. The number of carboxylic acid groups (broad SMARTS) is 1. The minimum Gasteiger partial charge on any atom is -0.493 e. The molecule has 1 unspecified atom stereocenters. The normalized spacial score (nSPS) is 20.5. The van der Waals surface area contributed by atoms with E-state index in [1.54, 1.807) is 14.2 Å². The van der Waals surface area contributed by atoms with Crippen molar-refractivity contribution in [2.75, 3.05) is 27.4 Å². The molecule has 0 radical (unpaired) electrons. The van der Waals surface area contributed by atoms with Crippen molar-refractivity contribution in [3.05, 3.63) is 45.7 Å². The number of hydrogen-bond donors (Lipinski definition) is 1. The van der Waals surface area contributed by atoms with Crippen LogP contribution in [-0.2, 0) is 4.74 Å². The number of hydrogen-bond acceptors (Lipinski definition) is 5. The van der Waals surface area contributed by atoms with Crippen LogP contribution in [0.25, 0.3) is 11.3 Å². The molecule has 31 heavy (non-hydrogen) atoms. The van der Waals surface area contributed by atoms with Crippen LogP contribution in [0.2, 0.25) is 0 Å². The van der Waals surface area contributed by atoms with Gasteiger partial charge in [0.1, 0.15) is 5.56 Å². The molecule has 1 aliphatic carbocycles. The predicted octanol–water partition coefficient (Wildman–Crippen LogP) is 4.10. The standard InChI is InChI=1S/C24H29NO6/c1-24(2)7-6-14-15-10-21(31-9-5-8-29-3)20(30-4)11-16(15)18-12-19(26)17(23(27)28)13-25(18)22(14)24/h10-14,22H,5-9H2,1-4H3,(H,27,28)/t14-,22?/m0/s1. The molecule has 2 heterocycles. The molecule has 2 atom stereocenters. The average molecular weight is 427 g/mol. The molecule has 1 N–H and O–H groups in total. The average Bonchev–Trinajstić information content (AvgIpc) is 3.05. The summed E-state index contributed by atoms with van der Waals surface area (Å²) in [7, 11) is 3.26. The van der Waals surface area contributed by atoms with E-state index >= 15 is 0 Å². The molecule has 0 bridgehead atoms. The number of pyridine rings is 1. The Bertz CT molecular complexity index is 1070. The van der Waals surface area contributed by atoms with E-state index in [1.165, 1.54) is 12.3 Å². The van der Waals surface area contributed by atoms with Crippen LogP contribution in [0.15, 0.2) is 29.2 Å². The highest BCUT2D eigenvalue weighted by atomic mass is 16.5. The number of nitrogens with zero attached hydrogens (tertiary/aromatic N) is 1. The van der Waals surface area contributed by atoms with Crippen LogP contribution in [-0.4, -0.2) is 43.1 Å². The summed E-state index contributed by atoms with van der Waals surface area (Å²) in [5.41, 5.74) is 2.03. The lowest BCUT2D eigenvalue weighted by Crippen LogP contribution is -2.32. The van der Waals surface area contributed by atoms with Gasteiger partial charge in [-0.25, -0.2) is 4.79 Å². The first kappa shape index (κ1) is 21.4. The number of fused-ring (bicyclic) bond motifs is 6. The fourth-order valence-corrected chi connectivity index (χ4v) is 5.19. The molecule has 2 aliphatic rings. The van der Waals surface area contributed by atoms with Crippen LogP contribution in [0.5, 0.6) is 11.5 Å². The van der Waals surface area contributed by atoms with Crippen molar-refractivity contribution in [3.63, 3.8) is 0 Å². The smallest absolute Gasteiger partial charge is 0.341 e. The Hall–Kier alpha value is -2.80. The lowest BCUT2D eigenvalue weighted by molar-refractivity contribution is 0.0693. The van der Waals surface area contributed by atoms with E-state index < -0.39 is 11.4 Å². The summed E-state index contributed by atoms with van der Waals surface area (Å²) >= 11 is 0. The van der Waals surface area contributed by atoms with Crippen LogP contribution < -0.4 is 14.9 Å². The van der Waals surface area contributed by atoms with Crippen LogP contribution in [0.4, 0.5) is 0 Å². The highest BCUT2D eigenvalue weighted by molar-refractivity contribution is 5.88. The van der Waals surface area contributed by atoms with Gasteiger partial charge in [0, 0.05) is 49.9 Å². The van der Waals surface area contributed by atoms with E-state index in [4.69, 9.17) is 14.2 Å². The van der Waals surface area contributed by atoms with Crippen LogP contribution in [0.3, 0.4) is 0 Å². The van der Waals surface area contributed by atoms with Crippen molar-refractivity contribution in [2.45, 2.75) is 45.1 Å². The number of aromatic carboxylic acids is 1. The van der Waals surface area contributed by atoms with Gasteiger partial charge >= 0.3 is 5.97 Å². The van der Waals surface area contributed by atoms with Gasteiger partial charge in [-0.3, -0.25) is 4.79 Å². The molecular weight excluding hydrogens is 398 g/mol. The van der Waals surface area contributed by atoms with E-state index in [0.29, 0.717) is 24.7 Å². The molecule has 1 aromatic carbocycles. The van der Waals surface area contributed by atoms with Gasteiger partial charge in [0.2, 0.25) is 0 Å². The molecule has 0 spiro atoms. The zero-order chi connectivity index (χ0) is 22.3. The maximum atomic E-state index is 12.6. The van der Waals surface area contributed by atoms with Crippen molar-refractivity contribution in [1.82, 2.24) is 4.57 Å². The Labute approximate surface area is 181 Å². The molecule has 2 aromatic rings. The van der Waals surface area contributed by atoms with Crippen LogP contribution >= 0.6 is 0 Å². The van der Waals surface area contributed by atoms with E-state index in [9.17, 15) is 14.7 Å². The van der Waals surface area contributed by atoms with Gasteiger partial charge in [-0.15, -0.1) is 0 Å². The number of carboxylic acids is 1. The molecule has 1 aromatic heterocycles. The molecule has 1 aliphatic heterocycles. The summed E-state index contributed by atoms with van der Waals surface area (Å²) in [6, 6.07) is 5.46. The van der Waals surface area contributed by atoms with Gasteiger partial charge < -0.3 is 23.9 Å². The summed E-state index contributed by atoms with van der Waals surface area (Å²) in [5.74, 6) is 0.275. The largest absolute Gasteiger partial charge is 0.493 e. The minimum absolute atomic E-state index is 0.0403. The van der Waals surface area contributed by atoms with E-state index in [1.807, 2.05) is 16.7 Å². The van der Waals surface area contributed by atoms with Crippen LogP contribution in [0, 0.1) is 5.41 Å². The lowest BCUT2D eigenvalue weighted by Gasteiger charge is -2.40. The second-order valence-corrected chi connectivity index (χ2v) is 9.01. The fraction of sp³-hybridized carbons (Fsp3) is 0.500. The zero-order valence-corrected chi connectivity index (χ0v) is 18.4. The summed E-state index contributed by atoms with van der Waals surface area (Å²) in [4.78, 5) is 24.2. The number of ether oxygens (including phenoxy) is 3. The van der Waals surface area contributed by atoms with E-state index in [0.717, 1.165) is 36.1 Å². The third-order valence-corrected chi connectivity index (χ3v) is 6.65. The number of carbonyl (C=O) groups is 1. The molecule has 166 valence electrons. The molecule has 1 fully saturated rings. The molecule has 0 saturated heterocycles. The topological polar surface area (TPSA) is 87.0 Å². The molecule has 4 rings (SSSR count). The molecule has 7 heteroatoms.